The lowest BCUT2D eigenvalue weighted by Gasteiger charge is -2.32. The minimum absolute atomic E-state index is 0.0319. The predicted molar refractivity (Wildman–Crippen MR) is 116 cm³/mol. The van der Waals surface area contributed by atoms with Crippen molar-refractivity contribution in [3.63, 3.8) is 0 Å². The van der Waals surface area contributed by atoms with Crippen LogP contribution in [0.1, 0.15) is 29.8 Å². The molecule has 1 aliphatic heterocycles. The minimum atomic E-state index is -0.221. The van der Waals surface area contributed by atoms with Crippen LogP contribution in [-0.4, -0.2) is 33.7 Å². The van der Waals surface area contributed by atoms with Gasteiger partial charge in [-0.05, 0) is 75.2 Å². The van der Waals surface area contributed by atoms with Gasteiger partial charge in [0.2, 0.25) is 5.91 Å². The Labute approximate surface area is 176 Å². The molecular weight excluding hydrogens is 379 g/mol. The van der Waals surface area contributed by atoms with Gasteiger partial charge >= 0.3 is 0 Å². The number of hydrogen-bond acceptors (Lipinski definition) is 3. The first-order chi connectivity index (χ1) is 14.5. The minimum Gasteiger partial charge on any atom is -0.326 e. The number of halogens is 1. The number of anilines is 1. The molecule has 0 spiro atoms. The number of hydrogen-bond donors (Lipinski definition) is 1. The molecule has 156 valence electrons. The molecule has 1 fully saturated rings. The topological polar surface area (TPSA) is 50.2 Å². The van der Waals surface area contributed by atoms with E-state index in [-0.39, 0.29) is 17.6 Å². The van der Waals surface area contributed by atoms with Gasteiger partial charge in [-0.3, -0.25) is 9.69 Å². The largest absolute Gasteiger partial charge is 0.326 e. The van der Waals surface area contributed by atoms with Crippen LogP contribution in [0, 0.1) is 25.6 Å². The van der Waals surface area contributed by atoms with Crippen LogP contribution in [0.25, 0.3) is 5.69 Å². The first-order valence-corrected chi connectivity index (χ1v) is 10.4. The number of carbonyl (C=O) groups is 1. The Balaban J connectivity index is 1.41. The van der Waals surface area contributed by atoms with Crippen molar-refractivity contribution in [3.8, 4) is 5.69 Å². The van der Waals surface area contributed by atoms with Crippen LogP contribution in [0.15, 0.2) is 54.6 Å². The lowest BCUT2D eigenvalue weighted by Crippen LogP contribution is -2.40. The van der Waals surface area contributed by atoms with E-state index in [1.807, 2.05) is 54.9 Å². The van der Waals surface area contributed by atoms with E-state index in [0.717, 1.165) is 47.7 Å². The SMILES string of the molecule is Cc1cc(C)n(-c2cccc(NC(=O)C3CCCN(Cc4cccc(F)c4)C3)c2)n1. The van der Waals surface area contributed by atoms with Gasteiger partial charge in [0.25, 0.3) is 0 Å². The standard InChI is InChI=1S/C24H27FN4O/c1-17-12-18(2)29(27-17)23-10-4-9-22(14-23)26-24(30)20-7-5-11-28(16-20)15-19-6-3-8-21(25)13-19/h3-4,6,8-10,12-14,20H,5,7,11,15-16H2,1-2H3,(H,26,30). The third-order valence-electron chi connectivity index (χ3n) is 5.54. The van der Waals surface area contributed by atoms with Crippen LogP contribution in [0.2, 0.25) is 0 Å². The maximum absolute atomic E-state index is 13.5. The molecule has 5 nitrogen and oxygen atoms in total. The molecule has 1 aromatic heterocycles. The van der Waals surface area contributed by atoms with Crippen molar-refractivity contribution in [2.24, 2.45) is 5.92 Å². The Bertz CT molecular complexity index is 1050. The summed E-state index contributed by atoms with van der Waals surface area (Å²) in [6.07, 6.45) is 1.82. The van der Waals surface area contributed by atoms with Crippen LogP contribution in [0.3, 0.4) is 0 Å². The van der Waals surface area contributed by atoms with Gasteiger partial charge in [-0.1, -0.05) is 18.2 Å². The van der Waals surface area contributed by atoms with Gasteiger partial charge in [-0.15, -0.1) is 0 Å². The second-order valence-corrected chi connectivity index (χ2v) is 8.08. The number of carbonyl (C=O) groups excluding carboxylic acids is 1. The maximum Gasteiger partial charge on any atom is 0.228 e. The molecule has 0 saturated carbocycles. The molecule has 1 amide bonds. The van der Waals surface area contributed by atoms with Crippen molar-refractivity contribution in [2.45, 2.75) is 33.2 Å². The molecule has 3 aromatic rings. The van der Waals surface area contributed by atoms with Crippen LogP contribution >= 0.6 is 0 Å². The molecule has 1 saturated heterocycles. The lowest BCUT2D eigenvalue weighted by molar-refractivity contribution is -0.121. The number of rotatable bonds is 5. The van der Waals surface area contributed by atoms with E-state index in [9.17, 15) is 9.18 Å². The Kier molecular flexibility index (Phi) is 5.95. The molecule has 2 heterocycles. The zero-order valence-corrected chi connectivity index (χ0v) is 17.4. The zero-order valence-electron chi connectivity index (χ0n) is 17.4. The van der Waals surface area contributed by atoms with E-state index in [4.69, 9.17) is 0 Å². The second kappa shape index (κ2) is 8.79. The molecule has 1 N–H and O–H groups in total. The molecule has 1 aliphatic rings. The average Bonchev–Trinajstić information content (AvgIpc) is 3.06. The van der Waals surface area contributed by atoms with Crippen molar-refractivity contribution in [3.05, 3.63) is 77.4 Å². The van der Waals surface area contributed by atoms with Crippen LogP contribution in [0.5, 0.6) is 0 Å². The molecule has 0 radical (unpaired) electrons. The maximum atomic E-state index is 13.5. The second-order valence-electron chi connectivity index (χ2n) is 8.08. The summed E-state index contributed by atoms with van der Waals surface area (Å²) in [5, 5.41) is 7.59. The number of nitrogens with one attached hydrogen (secondary N) is 1. The highest BCUT2D eigenvalue weighted by atomic mass is 19.1. The number of amides is 1. The van der Waals surface area contributed by atoms with E-state index in [1.54, 1.807) is 12.1 Å². The summed E-state index contributed by atoms with van der Waals surface area (Å²) in [7, 11) is 0. The fraction of sp³-hybridized carbons (Fsp3) is 0.333. The fourth-order valence-corrected chi connectivity index (χ4v) is 4.16. The Morgan fingerprint density at radius 2 is 2.00 bits per heavy atom. The van der Waals surface area contributed by atoms with E-state index < -0.39 is 0 Å². The molecule has 2 aromatic carbocycles. The molecule has 4 rings (SSSR count). The number of benzene rings is 2. The summed E-state index contributed by atoms with van der Waals surface area (Å²) in [6.45, 7) is 6.25. The monoisotopic (exact) mass is 406 g/mol. The van der Waals surface area contributed by atoms with Crippen molar-refractivity contribution >= 4 is 11.6 Å². The van der Waals surface area contributed by atoms with E-state index >= 15 is 0 Å². The molecule has 6 heteroatoms. The molecule has 30 heavy (non-hydrogen) atoms. The Morgan fingerprint density at radius 1 is 1.17 bits per heavy atom. The molecular formula is C24H27FN4O. The van der Waals surface area contributed by atoms with Crippen LogP contribution in [-0.2, 0) is 11.3 Å². The number of piperidine rings is 1. The third kappa shape index (κ3) is 4.76. The van der Waals surface area contributed by atoms with E-state index in [0.29, 0.717) is 13.1 Å². The lowest BCUT2D eigenvalue weighted by atomic mass is 9.96. The molecule has 0 aliphatic carbocycles. The summed E-state index contributed by atoms with van der Waals surface area (Å²) in [5.74, 6) is -0.268. The quantitative estimate of drug-likeness (QED) is 0.680. The summed E-state index contributed by atoms with van der Waals surface area (Å²) in [4.78, 5) is 15.1. The van der Waals surface area contributed by atoms with Crippen molar-refractivity contribution in [2.75, 3.05) is 18.4 Å². The summed E-state index contributed by atoms with van der Waals surface area (Å²) < 4.78 is 15.3. The molecule has 1 atom stereocenters. The Morgan fingerprint density at radius 3 is 2.77 bits per heavy atom. The van der Waals surface area contributed by atoms with E-state index in [2.05, 4.69) is 15.3 Å². The summed E-state index contributed by atoms with van der Waals surface area (Å²) in [6, 6.07) is 16.5. The predicted octanol–water partition coefficient (Wildman–Crippen LogP) is 4.48. The highest BCUT2D eigenvalue weighted by Gasteiger charge is 2.26. The number of likely N-dealkylation sites (tertiary alicyclic amines) is 1. The van der Waals surface area contributed by atoms with Gasteiger partial charge < -0.3 is 5.32 Å². The smallest absolute Gasteiger partial charge is 0.228 e. The fourth-order valence-electron chi connectivity index (χ4n) is 4.16. The molecule has 0 bridgehead atoms. The van der Waals surface area contributed by atoms with Gasteiger partial charge in [-0.25, -0.2) is 9.07 Å². The Hall–Kier alpha value is -2.99. The molecule has 1 unspecified atom stereocenters. The highest BCUT2D eigenvalue weighted by Crippen LogP contribution is 2.22. The highest BCUT2D eigenvalue weighted by molar-refractivity contribution is 5.93. The van der Waals surface area contributed by atoms with Gasteiger partial charge in [0.05, 0.1) is 17.3 Å². The number of aryl methyl sites for hydroxylation is 2. The van der Waals surface area contributed by atoms with E-state index in [1.165, 1.54) is 6.07 Å². The summed E-state index contributed by atoms with van der Waals surface area (Å²) >= 11 is 0. The summed E-state index contributed by atoms with van der Waals surface area (Å²) in [5.41, 5.74) is 4.65. The first-order valence-electron chi connectivity index (χ1n) is 10.4. The van der Waals surface area contributed by atoms with Crippen molar-refractivity contribution < 1.29 is 9.18 Å². The van der Waals surface area contributed by atoms with Gasteiger partial charge in [-0.2, -0.15) is 5.10 Å². The van der Waals surface area contributed by atoms with Crippen LogP contribution < -0.4 is 5.32 Å². The van der Waals surface area contributed by atoms with Crippen molar-refractivity contribution in [1.82, 2.24) is 14.7 Å². The van der Waals surface area contributed by atoms with Gasteiger partial charge in [0.1, 0.15) is 5.82 Å². The first kappa shape index (κ1) is 20.3. The number of nitrogens with zero attached hydrogens (tertiary/aromatic N) is 3. The number of aromatic nitrogens is 2. The third-order valence-corrected chi connectivity index (χ3v) is 5.54. The zero-order chi connectivity index (χ0) is 21.1. The van der Waals surface area contributed by atoms with Gasteiger partial charge in [0.15, 0.2) is 0 Å². The normalized spacial score (nSPS) is 17.1. The van der Waals surface area contributed by atoms with Crippen LogP contribution in [0.4, 0.5) is 10.1 Å². The average molecular weight is 407 g/mol. The van der Waals surface area contributed by atoms with Crippen molar-refractivity contribution in [1.29, 1.82) is 0 Å². The van der Waals surface area contributed by atoms with Gasteiger partial charge in [0, 0.05) is 24.5 Å².